The molecule has 0 aromatic heterocycles. The third kappa shape index (κ3) is 15.2. The SMILES string of the molecule is CC(=O)Nc1cc(C)cc(C)c1.I[I-]I(I)I(I)I(I)I(I)I. The second-order valence-corrected chi connectivity index (χ2v) is 215. The topological polar surface area (TPSA) is 29.1 Å². The number of anilines is 1. The first-order valence-corrected chi connectivity index (χ1v) is 68.2. The van der Waals surface area contributed by atoms with Gasteiger partial charge in [0.15, 0.2) is 0 Å². The summed E-state index contributed by atoms with van der Waals surface area (Å²) in [5.74, 6) is -0.0278. The summed E-state index contributed by atoms with van der Waals surface area (Å²) in [5.41, 5.74) is 3.21. The maximum absolute atomic E-state index is 10.7. The average molecular weight is 1560 g/mol. The van der Waals surface area contributed by atoms with E-state index in [9.17, 15) is 4.79 Å². The normalized spacial score (nSPS) is 12.7. The van der Waals surface area contributed by atoms with Crippen LogP contribution in [0.5, 0.6) is 0 Å². The molecule has 0 aliphatic heterocycles. The van der Waals surface area contributed by atoms with Gasteiger partial charge in [-0.3, -0.25) is 4.79 Å². The first-order valence-electron chi connectivity index (χ1n) is 5.36. The van der Waals surface area contributed by atoms with Gasteiger partial charge in [0, 0.05) is 12.6 Å². The number of hydrogen-bond donors (Lipinski definition) is 1. The fraction of sp³-hybridized carbons (Fsp3) is 0.300. The Morgan fingerprint density at radius 3 is 1.83 bits per heavy atom. The Kier molecular flexibility index (Phi) is 22.3. The van der Waals surface area contributed by atoms with Gasteiger partial charge in [-0.05, 0) is 37.1 Å². The third-order valence-corrected chi connectivity index (χ3v) is 580. The molecule has 0 aliphatic carbocycles. The summed E-state index contributed by atoms with van der Waals surface area (Å²) in [6.07, 6.45) is 0. The van der Waals surface area contributed by atoms with E-state index in [0.29, 0.717) is 13.3 Å². The van der Waals surface area contributed by atoms with Crippen molar-refractivity contribution in [3.05, 3.63) is 29.3 Å². The number of rotatable bonds is 5. The van der Waals surface area contributed by atoms with Crippen LogP contribution in [0.15, 0.2) is 18.2 Å². The van der Waals surface area contributed by atoms with Crippen molar-refractivity contribution < 1.29 is 18.0 Å². The quantitative estimate of drug-likeness (QED) is 0.297. The monoisotopic (exact) mass is 1560 g/mol. The number of aryl methyl sites for hydroxylation is 2. The maximum atomic E-state index is 10.7. The van der Waals surface area contributed by atoms with Gasteiger partial charge >= 0.3 is 157 Å². The second kappa shape index (κ2) is 17.3. The molecule has 0 radical (unpaired) electrons. The van der Waals surface area contributed by atoms with Crippen molar-refractivity contribution in [1.29, 1.82) is 0 Å². The average Bonchev–Trinajstić information content (AvgIpc) is 2.43. The van der Waals surface area contributed by atoms with Gasteiger partial charge in [0.05, 0.1) is 0 Å². The minimum atomic E-state index is -0.355. The Bertz CT molecular complexity index is 479. The van der Waals surface area contributed by atoms with Crippen molar-refractivity contribution in [3.8, 4) is 0 Å². The van der Waals surface area contributed by atoms with E-state index in [1.165, 1.54) is 18.1 Å². The van der Waals surface area contributed by atoms with E-state index in [4.69, 9.17) is 0 Å². The van der Waals surface area contributed by atoms with Gasteiger partial charge in [-0.25, -0.2) is 0 Å². The van der Waals surface area contributed by atoms with E-state index in [1.54, 1.807) is 0 Å². The van der Waals surface area contributed by atoms with Gasteiger partial charge in [0.1, 0.15) is 0 Å². The molecule has 0 bridgehead atoms. The number of amides is 1. The van der Waals surface area contributed by atoms with Crippen LogP contribution in [0, 0.1) is 13.8 Å². The first-order chi connectivity index (χ1) is 10.6. The van der Waals surface area contributed by atoms with Crippen molar-refractivity contribution in [1.82, 2.24) is 0 Å². The van der Waals surface area contributed by atoms with Gasteiger partial charge in [-0.2, -0.15) is 0 Å². The van der Waals surface area contributed by atoms with Gasteiger partial charge in [-0.15, -0.1) is 0 Å². The number of benzene rings is 1. The predicted molar refractivity (Wildman–Crippen MR) is 190 cm³/mol. The Balaban J connectivity index is 0.000000423. The Morgan fingerprint density at radius 2 is 1.48 bits per heavy atom. The predicted octanol–water partition coefficient (Wildman–Crippen LogP) is 8.12. The van der Waals surface area contributed by atoms with Crippen LogP contribution in [-0.2, 0) is 4.79 Å². The number of halogens is 11. The molecule has 1 N–H and O–H groups in total. The van der Waals surface area contributed by atoms with Crippen molar-refractivity contribution in [2.45, 2.75) is 20.8 Å². The molecule has 0 heterocycles. The molecule has 0 unspecified atom stereocenters. The number of nitrogens with one attached hydrogen (secondary N) is 1. The van der Waals surface area contributed by atoms with Crippen LogP contribution in [0.1, 0.15) is 18.1 Å². The molecule has 142 valence electrons. The van der Waals surface area contributed by atoms with Crippen LogP contribution in [0.4, 0.5) is 5.69 Å². The summed E-state index contributed by atoms with van der Waals surface area (Å²) < 4.78 is 0. The van der Waals surface area contributed by atoms with Crippen molar-refractivity contribution >= 4 is 155 Å². The minimum absolute atomic E-state index is 0.0278. The Labute approximate surface area is 220 Å². The summed E-state index contributed by atoms with van der Waals surface area (Å²) in [6, 6.07) is 5.98. The molecule has 1 aromatic carbocycles. The van der Waals surface area contributed by atoms with Crippen LogP contribution in [-0.4, -0.2) is 5.91 Å². The molecule has 1 aromatic rings. The fourth-order valence-corrected chi connectivity index (χ4v) is 1050. The number of carbonyl (C=O) groups is 1. The zero-order valence-electron chi connectivity index (χ0n) is 11.8. The van der Waals surface area contributed by atoms with Gasteiger partial charge < -0.3 is 5.32 Å². The Hall–Kier alpha value is 6.72. The molecule has 1 amide bonds. The van der Waals surface area contributed by atoms with Crippen LogP contribution in [0.3, 0.4) is 0 Å². The van der Waals surface area contributed by atoms with Crippen LogP contribution in [0.2, 0.25) is 0 Å². The van der Waals surface area contributed by atoms with E-state index in [2.05, 4.69) is 123 Å². The fourth-order valence-electron chi connectivity index (χ4n) is 1.33. The second-order valence-electron chi connectivity index (χ2n) is 3.76. The number of hydrogen-bond acceptors (Lipinski definition) is 1. The summed E-state index contributed by atoms with van der Waals surface area (Å²) >= 11 is 17.8. The van der Waals surface area contributed by atoms with Crippen LogP contribution in [0.25, 0.3) is 0 Å². The van der Waals surface area contributed by atoms with Crippen molar-refractivity contribution in [2.75, 3.05) is 5.32 Å². The van der Waals surface area contributed by atoms with E-state index in [0.717, 1.165) is 5.69 Å². The van der Waals surface area contributed by atoms with E-state index in [1.807, 2.05) is 26.0 Å². The molecule has 0 atom stereocenters. The van der Waals surface area contributed by atoms with Crippen LogP contribution < -0.4 is 18.6 Å². The zero-order chi connectivity index (χ0) is 18.2. The third-order valence-electron chi connectivity index (χ3n) is 1.83. The molecule has 13 heteroatoms. The molecule has 1 rings (SSSR count). The molecule has 0 saturated heterocycles. The standard InChI is InChI=1S/C10H13NO.I11/c1-7-4-8(2)6-10(5-7)11-9(3)12;1-7-9(4)11(6)10(5)8(2)3/h4-6H,1-3H3,(H,11,12);/q;-1. The summed E-state index contributed by atoms with van der Waals surface area (Å²) in [6.45, 7) is 5.54. The van der Waals surface area contributed by atoms with E-state index in [-0.39, 0.29) is 37.5 Å². The molecule has 23 heavy (non-hydrogen) atoms. The summed E-state index contributed by atoms with van der Waals surface area (Å²) in [4.78, 5) is 10.7. The summed E-state index contributed by atoms with van der Waals surface area (Å²) in [7, 11) is -1.16. The molecular formula is C10H13I11NO-. The Morgan fingerprint density at radius 1 is 1.00 bits per heavy atom. The van der Waals surface area contributed by atoms with Gasteiger partial charge in [-0.1, -0.05) is 6.07 Å². The molecule has 0 fully saturated rings. The van der Waals surface area contributed by atoms with Gasteiger partial charge in [0.25, 0.3) is 0 Å². The molecule has 0 saturated carbocycles. The number of carbonyl (C=O) groups excluding carboxylic acids is 1. The van der Waals surface area contributed by atoms with Crippen molar-refractivity contribution in [3.63, 3.8) is 0 Å². The molecule has 2 nitrogen and oxygen atoms in total. The molecule has 0 aliphatic rings. The molecule has 0 spiro atoms. The summed E-state index contributed by atoms with van der Waals surface area (Å²) in [5, 5.41) is 2.75. The van der Waals surface area contributed by atoms with E-state index < -0.39 is 0 Å². The molecular weight excluding hydrogens is 1550 g/mol. The first kappa shape index (κ1) is 29.7. The van der Waals surface area contributed by atoms with Crippen LogP contribution >= 0.6 is 143 Å². The van der Waals surface area contributed by atoms with Gasteiger partial charge in [0.2, 0.25) is 5.91 Å². The van der Waals surface area contributed by atoms with Crippen molar-refractivity contribution in [2.24, 2.45) is 0 Å². The zero-order valence-corrected chi connectivity index (χ0v) is 35.5. The van der Waals surface area contributed by atoms with E-state index >= 15 is 0 Å².